The average Bonchev–Trinajstić information content (AvgIpc) is 2.25. The standard InChI is InChI=1S/C16H28N2O/c1-4-17-15-6-12-5-13(7-15)9-16(8-12,10-15)18-14(19)11(2)3/h11-13,17H,4-10H2,1-3H3,(H,18,19). The highest BCUT2D eigenvalue weighted by Gasteiger charge is 2.57. The van der Waals surface area contributed by atoms with Crippen LogP contribution < -0.4 is 10.6 Å². The Labute approximate surface area is 116 Å². The van der Waals surface area contributed by atoms with E-state index in [0.717, 1.165) is 24.8 Å². The Morgan fingerprint density at radius 2 is 1.74 bits per heavy atom. The summed E-state index contributed by atoms with van der Waals surface area (Å²) in [6, 6.07) is 0. The van der Waals surface area contributed by atoms with Crippen LogP contribution in [0.15, 0.2) is 0 Å². The molecule has 4 aliphatic carbocycles. The maximum Gasteiger partial charge on any atom is 0.222 e. The van der Waals surface area contributed by atoms with Gasteiger partial charge in [0.2, 0.25) is 5.91 Å². The van der Waals surface area contributed by atoms with Crippen molar-refractivity contribution in [2.75, 3.05) is 6.54 Å². The van der Waals surface area contributed by atoms with Crippen LogP contribution in [0.4, 0.5) is 0 Å². The molecule has 4 bridgehead atoms. The van der Waals surface area contributed by atoms with Crippen molar-refractivity contribution in [1.29, 1.82) is 0 Å². The molecule has 2 unspecified atom stereocenters. The van der Waals surface area contributed by atoms with Crippen molar-refractivity contribution >= 4 is 5.91 Å². The first-order chi connectivity index (χ1) is 8.96. The third-order valence-electron chi connectivity index (χ3n) is 5.53. The van der Waals surface area contributed by atoms with Gasteiger partial charge in [-0.2, -0.15) is 0 Å². The van der Waals surface area contributed by atoms with E-state index in [1.54, 1.807) is 0 Å². The van der Waals surface area contributed by atoms with Gasteiger partial charge in [-0.25, -0.2) is 0 Å². The van der Waals surface area contributed by atoms with Gasteiger partial charge in [0.05, 0.1) is 0 Å². The minimum Gasteiger partial charge on any atom is -0.350 e. The van der Waals surface area contributed by atoms with E-state index in [0.29, 0.717) is 5.54 Å². The Kier molecular flexibility index (Phi) is 3.16. The van der Waals surface area contributed by atoms with Crippen LogP contribution in [0.25, 0.3) is 0 Å². The summed E-state index contributed by atoms with van der Waals surface area (Å²) >= 11 is 0. The maximum atomic E-state index is 12.2. The molecule has 19 heavy (non-hydrogen) atoms. The highest BCUT2D eigenvalue weighted by atomic mass is 16.2. The van der Waals surface area contributed by atoms with E-state index in [-0.39, 0.29) is 17.4 Å². The second-order valence-corrected chi connectivity index (χ2v) is 7.70. The summed E-state index contributed by atoms with van der Waals surface area (Å²) in [6.45, 7) is 7.25. The fourth-order valence-electron chi connectivity index (χ4n) is 5.40. The summed E-state index contributed by atoms with van der Waals surface area (Å²) in [5, 5.41) is 7.19. The van der Waals surface area contributed by atoms with Gasteiger partial charge < -0.3 is 10.6 Å². The molecule has 0 spiro atoms. The van der Waals surface area contributed by atoms with Crippen LogP contribution in [0.1, 0.15) is 59.3 Å². The van der Waals surface area contributed by atoms with Gasteiger partial charge in [0.25, 0.3) is 0 Å². The van der Waals surface area contributed by atoms with Crippen molar-refractivity contribution in [3.8, 4) is 0 Å². The summed E-state index contributed by atoms with van der Waals surface area (Å²) in [6.07, 6.45) is 7.64. The van der Waals surface area contributed by atoms with Gasteiger partial charge in [-0.3, -0.25) is 4.79 Å². The van der Waals surface area contributed by atoms with E-state index in [9.17, 15) is 4.79 Å². The average molecular weight is 264 g/mol. The van der Waals surface area contributed by atoms with Crippen molar-refractivity contribution in [1.82, 2.24) is 10.6 Å². The van der Waals surface area contributed by atoms with E-state index >= 15 is 0 Å². The number of amides is 1. The fraction of sp³-hybridized carbons (Fsp3) is 0.938. The van der Waals surface area contributed by atoms with Crippen LogP contribution in [0.5, 0.6) is 0 Å². The molecule has 4 fully saturated rings. The summed E-state index contributed by atoms with van der Waals surface area (Å²) in [5.74, 6) is 2.00. The Balaban J connectivity index is 1.81. The van der Waals surface area contributed by atoms with Gasteiger partial charge in [-0.15, -0.1) is 0 Å². The molecule has 4 rings (SSSR count). The Hall–Kier alpha value is -0.570. The summed E-state index contributed by atoms with van der Waals surface area (Å²) in [4.78, 5) is 12.2. The molecule has 3 heteroatoms. The van der Waals surface area contributed by atoms with Gasteiger partial charge in [0.15, 0.2) is 0 Å². The van der Waals surface area contributed by atoms with E-state index in [2.05, 4.69) is 17.6 Å². The zero-order valence-corrected chi connectivity index (χ0v) is 12.6. The van der Waals surface area contributed by atoms with Gasteiger partial charge in [-0.05, 0) is 56.9 Å². The van der Waals surface area contributed by atoms with Crippen LogP contribution in [0.2, 0.25) is 0 Å². The molecule has 0 aliphatic heterocycles. The molecule has 0 radical (unpaired) electrons. The highest BCUT2D eigenvalue weighted by Crippen LogP contribution is 2.57. The highest BCUT2D eigenvalue weighted by molar-refractivity contribution is 5.78. The van der Waals surface area contributed by atoms with Crippen LogP contribution in [0.3, 0.4) is 0 Å². The number of rotatable bonds is 4. The molecule has 1 amide bonds. The lowest BCUT2D eigenvalue weighted by atomic mass is 9.50. The smallest absolute Gasteiger partial charge is 0.222 e. The van der Waals surface area contributed by atoms with Gasteiger partial charge in [-0.1, -0.05) is 20.8 Å². The summed E-state index contributed by atoms with van der Waals surface area (Å²) < 4.78 is 0. The summed E-state index contributed by atoms with van der Waals surface area (Å²) in [7, 11) is 0. The lowest BCUT2D eigenvalue weighted by Crippen LogP contribution is -2.69. The monoisotopic (exact) mass is 264 g/mol. The van der Waals surface area contributed by atoms with Gasteiger partial charge in [0.1, 0.15) is 0 Å². The Morgan fingerprint density at radius 3 is 2.26 bits per heavy atom. The van der Waals surface area contributed by atoms with Gasteiger partial charge in [0, 0.05) is 17.0 Å². The SMILES string of the molecule is CCNC12CC3CC(C1)CC(NC(=O)C(C)C)(C3)C2. The zero-order chi connectivity index (χ0) is 13.7. The molecular weight excluding hydrogens is 236 g/mol. The molecule has 0 aromatic carbocycles. The third kappa shape index (κ3) is 2.31. The third-order valence-corrected chi connectivity index (χ3v) is 5.53. The molecule has 2 N–H and O–H groups in total. The van der Waals surface area contributed by atoms with E-state index < -0.39 is 0 Å². The van der Waals surface area contributed by atoms with Crippen molar-refractivity contribution in [2.24, 2.45) is 17.8 Å². The first kappa shape index (κ1) is 13.4. The Bertz CT molecular complexity index is 363. The number of hydrogen-bond donors (Lipinski definition) is 2. The molecule has 4 aliphatic rings. The van der Waals surface area contributed by atoms with Crippen molar-refractivity contribution < 1.29 is 4.79 Å². The molecule has 108 valence electrons. The van der Waals surface area contributed by atoms with Crippen LogP contribution in [0, 0.1) is 17.8 Å². The molecule has 3 nitrogen and oxygen atoms in total. The van der Waals surface area contributed by atoms with Crippen LogP contribution in [-0.2, 0) is 4.79 Å². The van der Waals surface area contributed by atoms with Crippen molar-refractivity contribution in [3.63, 3.8) is 0 Å². The summed E-state index contributed by atoms with van der Waals surface area (Å²) in [5.41, 5.74) is 0.427. The molecule has 4 saturated carbocycles. The predicted octanol–water partition coefficient (Wildman–Crippen LogP) is 2.46. The largest absolute Gasteiger partial charge is 0.350 e. The second-order valence-electron chi connectivity index (χ2n) is 7.70. The normalized spacial score (nSPS) is 43.8. The van der Waals surface area contributed by atoms with Crippen LogP contribution in [-0.4, -0.2) is 23.5 Å². The van der Waals surface area contributed by atoms with Crippen molar-refractivity contribution in [2.45, 2.75) is 70.4 Å². The van der Waals surface area contributed by atoms with Crippen molar-refractivity contribution in [3.05, 3.63) is 0 Å². The predicted molar refractivity (Wildman–Crippen MR) is 76.8 cm³/mol. The first-order valence-corrected chi connectivity index (χ1v) is 8.03. The quantitative estimate of drug-likeness (QED) is 0.819. The molecule has 0 saturated heterocycles. The van der Waals surface area contributed by atoms with E-state index in [1.807, 2.05) is 13.8 Å². The van der Waals surface area contributed by atoms with E-state index in [4.69, 9.17) is 0 Å². The maximum absolute atomic E-state index is 12.2. The number of carbonyl (C=O) groups excluding carboxylic acids is 1. The molecule has 0 aromatic heterocycles. The molecule has 0 aromatic rings. The lowest BCUT2D eigenvalue weighted by Gasteiger charge is -2.62. The molecule has 0 heterocycles. The number of hydrogen-bond acceptors (Lipinski definition) is 2. The van der Waals surface area contributed by atoms with E-state index in [1.165, 1.54) is 32.1 Å². The van der Waals surface area contributed by atoms with Gasteiger partial charge >= 0.3 is 0 Å². The van der Waals surface area contributed by atoms with Crippen LogP contribution >= 0.6 is 0 Å². The second kappa shape index (κ2) is 4.47. The minimum atomic E-state index is 0.100. The topological polar surface area (TPSA) is 41.1 Å². The molecular formula is C16H28N2O. The minimum absolute atomic E-state index is 0.100. The first-order valence-electron chi connectivity index (χ1n) is 8.03. The number of nitrogens with one attached hydrogen (secondary N) is 2. The zero-order valence-electron chi connectivity index (χ0n) is 12.6. The fourth-order valence-corrected chi connectivity index (χ4v) is 5.40. The number of carbonyl (C=O) groups is 1. The Morgan fingerprint density at radius 1 is 1.16 bits per heavy atom. The molecule has 2 atom stereocenters. The lowest BCUT2D eigenvalue weighted by molar-refractivity contribution is -0.131.